The summed E-state index contributed by atoms with van der Waals surface area (Å²) < 4.78 is 10.2. The van der Waals surface area contributed by atoms with Gasteiger partial charge < -0.3 is 19.6 Å². The zero-order chi connectivity index (χ0) is 10.9. The first-order chi connectivity index (χ1) is 7.09. The molecule has 82 valence electrons. The number of nitrogens with one attached hydrogen (secondary N) is 1. The highest BCUT2D eigenvalue weighted by molar-refractivity contribution is 5.85. The Morgan fingerprint density at radius 1 is 1.73 bits per heavy atom. The predicted octanol–water partition coefficient (Wildman–Crippen LogP) is 0.964. The second-order valence-corrected chi connectivity index (χ2v) is 3.83. The van der Waals surface area contributed by atoms with E-state index >= 15 is 0 Å². The summed E-state index contributed by atoms with van der Waals surface area (Å²) in [5, 5.41) is 11.7. The molecule has 1 aliphatic heterocycles. The summed E-state index contributed by atoms with van der Waals surface area (Å²) in [5.74, 6) is -1.10. The summed E-state index contributed by atoms with van der Waals surface area (Å²) in [7, 11) is 0. The Bertz CT molecular complexity index is 368. The highest BCUT2D eigenvalue weighted by Crippen LogP contribution is 2.23. The van der Waals surface area contributed by atoms with E-state index in [0.29, 0.717) is 13.2 Å². The van der Waals surface area contributed by atoms with E-state index in [1.54, 1.807) is 0 Å². The molecule has 0 saturated carbocycles. The molecule has 15 heavy (non-hydrogen) atoms. The lowest BCUT2D eigenvalue weighted by Gasteiger charge is -2.21. The Hall–Kier alpha value is -1.56. The van der Waals surface area contributed by atoms with Crippen molar-refractivity contribution in [3.8, 4) is 0 Å². The van der Waals surface area contributed by atoms with Crippen LogP contribution in [-0.4, -0.2) is 34.8 Å². The molecular formula is C9H12N2O4. The van der Waals surface area contributed by atoms with Crippen molar-refractivity contribution >= 4 is 12.0 Å². The van der Waals surface area contributed by atoms with Crippen molar-refractivity contribution in [1.82, 2.24) is 4.98 Å². The van der Waals surface area contributed by atoms with E-state index in [1.807, 2.05) is 6.92 Å². The molecule has 1 aliphatic rings. The van der Waals surface area contributed by atoms with Crippen LogP contribution in [0.4, 0.5) is 6.01 Å². The highest BCUT2D eigenvalue weighted by Gasteiger charge is 2.31. The third-order valence-corrected chi connectivity index (χ3v) is 2.35. The van der Waals surface area contributed by atoms with E-state index < -0.39 is 5.97 Å². The second kappa shape index (κ2) is 3.54. The smallest absolute Gasteiger partial charge is 0.357 e. The molecule has 6 nitrogen and oxygen atoms in total. The van der Waals surface area contributed by atoms with E-state index in [1.165, 1.54) is 0 Å². The summed E-state index contributed by atoms with van der Waals surface area (Å²) in [6.07, 6.45) is 1.96. The second-order valence-electron chi connectivity index (χ2n) is 3.83. The van der Waals surface area contributed by atoms with Crippen LogP contribution < -0.4 is 5.32 Å². The van der Waals surface area contributed by atoms with Gasteiger partial charge in [-0.1, -0.05) is 0 Å². The van der Waals surface area contributed by atoms with Crippen molar-refractivity contribution in [2.24, 2.45) is 0 Å². The number of ether oxygens (including phenoxy) is 1. The fourth-order valence-corrected chi connectivity index (χ4v) is 1.45. The van der Waals surface area contributed by atoms with Crippen LogP contribution in [0.5, 0.6) is 0 Å². The van der Waals surface area contributed by atoms with Gasteiger partial charge in [0.1, 0.15) is 6.26 Å². The zero-order valence-corrected chi connectivity index (χ0v) is 8.32. The van der Waals surface area contributed by atoms with Crippen LogP contribution in [-0.2, 0) is 4.74 Å². The molecule has 1 aromatic rings. The van der Waals surface area contributed by atoms with Gasteiger partial charge in [0.05, 0.1) is 12.1 Å². The molecule has 1 atom stereocenters. The fraction of sp³-hybridized carbons (Fsp3) is 0.556. The molecule has 1 unspecified atom stereocenters. The summed E-state index contributed by atoms with van der Waals surface area (Å²) in [5.41, 5.74) is -0.319. The van der Waals surface area contributed by atoms with Crippen LogP contribution in [0, 0.1) is 0 Å². The van der Waals surface area contributed by atoms with Gasteiger partial charge in [0.2, 0.25) is 0 Å². The first-order valence-electron chi connectivity index (χ1n) is 4.64. The van der Waals surface area contributed by atoms with Crippen molar-refractivity contribution < 1.29 is 19.1 Å². The van der Waals surface area contributed by atoms with Crippen molar-refractivity contribution in [3.05, 3.63) is 12.0 Å². The van der Waals surface area contributed by atoms with Crippen LogP contribution in [0.1, 0.15) is 23.8 Å². The van der Waals surface area contributed by atoms with Gasteiger partial charge in [-0.15, -0.1) is 0 Å². The normalized spacial score (nSPS) is 25.4. The van der Waals surface area contributed by atoms with Crippen LogP contribution in [0.2, 0.25) is 0 Å². The van der Waals surface area contributed by atoms with Gasteiger partial charge in [-0.2, -0.15) is 4.98 Å². The third kappa shape index (κ3) is 2.10. The summed E-state index contributed by atoms with van der Waals surface area (Å²) >= 11 is 0. The Morgan fingerprint density at radius 2 is 2.53 bits per heavy atom. The highest BCUT2D eigenvalue weighted by atomic mass is 16.5. The van der Waals surface area contributed by atoms with Gasteiger partial charge in [-0.05, 0) is 13.3 Å². The molecule has 1 saturated heterocycles. The molecule has 2 N–H and O–H groups in total. The van der Waals surface area contributed by atoms with Gasteiger partial charge in [0, 0.05) is 6.61 Å². The number of aromatic nitrogens is 1. The fourth-order valence-electron chi connectivity index (χ4n) is 1.45. The standard InChI is InChI=1S/C9H12N2O4/c1-9(2-3-14-5-9)11-8-10-6(4-15-8)7(12)13/h4H,2-3,5H2,1H3,(H,10,11)(H,12,13). The topological polar surface area (TPSA) is 84.6 Å². The molecule has 0 radical (unpaired) electrons. The molecular weight excluding hydrogens is 200 g/mol. The van der Waals surface area contributed by atoms with E-state index in [4.69, 9.17) is 14.3 Å². The average Bonchev–Trinajstić information content (AvgIpc) is 2.75. The van der Waals surface area contributed by atoms with Gasteiger partial charge in [-0.3, -0.25) is 0 Å². The number of carboxylic acid groups (broad SMARTS) is 1. The summed E-state index contributed by atoms with van der Waals surface area (Å²) in [6.45, 7) is 3.23. The number of nitrogens with zero attached hydrogens (tertiary/aromatic N) is 1. The zero-order valence-electron chi connectivity index (χ0n) is 8.32. The number of aromatic carboxylic acids is 1. The first-order valence-corrected chi connectivity index (χ1v) is 4.64. The van der Waals surface area contributed by atoms with E-state index in [2.05, 4.69) is 10.3 Å². The molecule has 1 aromatic heterocycles. The van der Waals surface area contributed by atoms with Gasteiger partial charge in [0.15, 0.2) is 5.69 Å². The van der Waals surface area contributed by atoms with Crippen molar-refractivity contribution in [2.45, 2.75) is 18.9 Å². The minimum absolute atomic E-state index is 0.0972. The SMILES string of the molecule is CC1(Nc2nc(C(=O)O)co2)CCOC1. The molecule has 2 rings (SSSR count). The molecule has 0 amide bonds. The number of hydrogen-bond donors (Lipinski definition) is 2. The monoisotopic (exact) mass is 212 g/mol. The van der Waals surface area contributed by atoms with Crippen molar-refractivity contribution in [1.29, 1.82) is 0 Å². The molecule has 0 spiro atoms. The number of carboxylic acids is 1. The van der Waals surface area contributed by atoms with Gasteiger partial charge >= 0.3 is 5.97 Å². The van der Waals surface area contributed by atoms with E-state index in [0.717, 1.165) is 12.7 Å². The Labute approximate surface area is 86.2 Å². The van der Waals surface area contributed by atoms with Crippen LogP contribution in [0.25, 0.3) is 0 Å². The number of anilines is 1. The van der Waals surface area contributed by atoms with Crippen LogP contribution in [0.3, 0.4) is 0 Å². The average molecular weight is 212 g/mol. The number of oxazole rings is 1. The molecule has 0 aliphatic carbocycles. The number of hydrogen-bond acceptors (Lipinski definition) is 5. The molecule has 6 heteroatoms. The molecule has 1 fully saturated rings. The van der Waals surface area contributed by atoms with Gasteiger partial charge in [0.25, 0.3) is 6.01 Å². The largest absolute Gasteiger partial charge is 0.476 e. The first kappa shape index (κ1) is 9.97. The van der Waals surface area contributed by atoms with Crippen molar-refractivity contribution in [2.75, 3.05) is 18.5 Å². The maximum Gasteiger partial charge on any atom is 0.357 e. The molecule has 0 aromatic carbocycles. The Kier molecular flexibility index (Phi) is 2.36. The predicted molar refractivity (Wildman–Crippen MR) is 50.9 cm³/mol. The Morgan fingerprint density at radius 3 is 3.07 bits per heavy atom. The third-order valence-electron chi connectivity index (χ3n) is 2.35. The minimum Gasteiger partial charge on any atom is -0.476 e. The maximum atomic E-state index is 10.6. The summed E-state index contributed by atoms with van der Waals surface area (Å²) in [6, 6.07) is 0.223. The maximum absolute atomic E-state index is 10.6. The molecule has 2 heterocycles. The number of rotatable bonds is 3. The van der Waals surface area contributed by atoms with E-state index in [-0.39, 0.29) is 17.2 Å². The van der Waals surface area contributed by atoms with E-state index in [9.17, 15) is 4.79 Å². The van der Waals surface area contributed by atoms with Crippen LogP contribution in [0.15, 0.2) is 10.7 Å². The van der Waals surface area contributed by atoms with Gasteiger partial charge in [-0.25, -0.2) is 4.79 Å². The minimum atomic E-state index is -1.10. The lowest BCUT2D eigenvalue weighted by atomic mass is 10.0. The lowest BCUT2D eigenvalue weighted by Crippen LogP contribution is -2.35. The van der Waals surface area contributed by atoms with Crippen LogP contribution >= 0.6 is 0 Å². The Balaban J connectivity index is 2.07. The van der Waals surface area contributed by atoms with Crippen molar-refractivity contribution in [3.63, 3.8) is 0 Å². The molecule has 0 bridgehead atoms. The lowest BCUT2D eigenvalue weighted by molar-refractivity contribution is 0.0690. The summed E-state index contributed by atoms with van der Waals surface area (Å²) in [4.78, 5) is 14.3. The quantitative estimate of drug-likeness (QED) is 0.776. The number of carbonyl (C=O) groups is 1.